The van der Waals surface area contributed by atoms with Crippen LogP contribution in [-0.2, 0) is 11.8 Å². The van der Waals surface area contributed by atoms with Crippen molar-refractivity contribution < 1.29 is 9.59 Å². The van der Waals surface area contributed by atoms with Gasteiger partial charge in [-0.05, 0) is 6.07 Å². The molecular formula is C8H10N2O2. The Bertz CT molecular complexity index is 291. The topological polar surface area (TPSA) is 51.1 Å². The van der Waals surface area contributed by atoms with Crippen LogP contribution in [0.15, 0.2) is 18.5 Å². The van der Waals surface area contributed by atoms with Crippen LogP contribution in [0, 0.1) is 0 Å². The van der Waals surface area contributed by atoms with E-state index in [1.165, 1.54) is 0 Å². The Hall–Kier alpha value is -1.58. The number of aromatic nitrogens is 1. The van der Waals surface area contributed by atoms with Crippen molar-refractivity contribution >= 4 is 12.2 Å². The highest BCUT2D eigenvalue weighted by molar-refractivity contribution is 5.94. The quantitative estimate of drug-likeness (QED) is 0.640. The average molecular weight is 166 g/mol. The number of aldehydes is 1. The Balaban J connectivity index is 2.59. The van der Waals surface area contributed by atoms with Crippen molar-refractivity contribution in [3.8, 4) is 0 Å². The van der Waals surface area contributed by atoms with Gasteiger partial charge in [0.2, 0.25) is 0 Å². The summed E-state index contributed by atoms with van der Waals surface area (Å²) < 4.78 is 1.77. The second kappa shape index (κ2) is 3.71. The summed E-state index contributed by atoms with van der Waals surface area (Å²) in [4.78, 5) is 21.1. The highest BCUT2D eigenvalue weighted by Gasteiger charge is 2.04. The number of aryl methyl sites for hydroxylation is 1. The highest BCUT2D eigenvalue weighted by Crippen LogP contribution is 1.97. The zero-order chi connectivity index (χ0) is 8.97. The van der Waals surface area contributed by atoms with Crippen LogP contribution in [0.1, 0.15) is 10.4 Å². The van der Waals surface area contributed by atoms with Gasteiger partial charge in [0.1, 0.15) is 6.29 Å². The minimum atomic E-state index is -0.220. The second-order valence-corrected chi connectivity index (χ2v) is 2.44. The van der Waals surface area contributed by atoms with E-state index in [9.17, 15) is 9.59 Å². The lowest BCUT2D eigenvalue weighted by molar-refractivity contribution is -0.107. The second-order valence-electron chi connectivity index (χ2n) is 2.44. The molecule has 0 aliphatic carbocycles. The molecule has 1 amide bonds. The largest absolute Gasteiger partial charge is 0.356 e. The molecule has 0 fully saturated rings. The zero-order valence-electron chi connectivity index (χ0n) is 6.78. The Morgan fingerprint density at radius 2 is 2.50 bits per heavy atom. The smallest absolute Gasteiger partial charge is 0.253 e. The predicted octanol–water partition coefficient (Wildman–Crippen LogP) is -0.0462. The normalized spacial score (nSPS) is 9.42. The fourth-order valence-corrected chi connectivity index (χ4v) is 0.874. The van der Waals surface area contributed by atoms with Crippen molar-refractivity contribution in [3.63, 3.8) is 0 Å². The van der Waals surface area contributed by atoms with Gasteiger partial charge in [-0.25, -0.2) is 0 Å². The first-order valence-electron chi connectivity index (χ1n) is 3.58. The fraction of sp³-hybridized carbons (Fsp3) is 0.250. The van der Waals surface area contributed by atoms with Gasteiger partial charge in [0.25, 0.3) is 5.91 Å². The molecule has 4 nitrogen and oxygen atoms in total. The maximum absolute atomic E-state index is 11.1. The first-order chi connectivity index (χ1) is 5.74. The molecule has 0 spiro atoms. The summed E-state index contributed by atoms with van der Waals surface area (Å²) in [6.45, 7) is 0.0632. The lowest BCUT2D eigenvalue weighted by Crippen LogP contribution is -2.24. The maximum Gasteiger partial charge on any atom is 0.253 e. The van der Waals surface area contributed by atoms with E-state index < -0.39 is 0 Å². The minimum Gasteiger partial charge on any atom is -0.356 e. The van der Waals surface area contributed by atoms with Crippen LogP contribution in [0.4, 0.5) is 0 Å². The minimum absolute atomic E-state index is 0.0632. The van der Waals surface area contributed by atoms with Crippen molar-refractivity contribution in [1.29, 1.82) is 0 Å². The van der Waals surface area contributed by atoms with E-state index in [-0.39, 0.29) is 12.5 Å². The number of amides is 1. The maximum atomic E-state index is 11.1. The Kier molecular flexibility index (Phi) is 2.63. The molecule has 1 aromatic rings. The van der Waals surface area contributed by atoms with Gasteiger partial charge in [0.05, 0.1) is 12.1 Å². The number of hydrogen-bond donors (Lipinski definition) is 1. The molecule has 1 rings (SSSR count). The van der Waals surface area contributed by atoms with Crippen LogP contribution in [0.2, 0.25) is 0 Å². The summed E-state index contributed by atoms with van der Waals surface area (Å²) in [5.74, 6) is -0.220. The molecule has 0 aliphatic heterocycles. The molecule has 0 unspecified atom stereocenters. The van der Waals surface area contributed by atoms with Crippen molar-refractivity contribution in [2.45, 2.75) is 0 Å². The van der Waals surface area contributed by atoms with Crippen LogP contribution in [-0.4, -0.2) is 23.3 Å². The van der Waals surface area contributed by atoms with E-state index >= 15 is 0 Å². The van der Waals surface area contributed by atoms with Crippen molar-refractivity contribution in [3.05, 3.63) is 24.0 Å². The molecule has 0 radical (unpaired) electrons. The predicted molar refractivity (Wildman–Crippen MR) is 43.8 cm³/mol. The third-order valence-corrected chi connectivity index (χ3v) is 1.44. The van der Waals surface area contributed by atoms with Crippen LogP contribution in [0.3, 0.4) is 0 Å². The first-order valence-corrected chi connectivity index (χ1v) is 3.58. The van der Waals surface area contributed by atoms with E-state index in [1.807, 2.05) is 7.05 Å². The number of nitrogens with one attached hydrogen (secondary N) is 1. The summed E-state index contributed by atoms with van der Waals surface area (Å²) in [7, 11) is 1.83. The third-order valence-electron chi connectivity index (χ3n) is 1.44. The molecule has 1 aromatic heterocycles. The molecular weight excluding hydrogens is 156 g/mol. The summed E-state index contributed by atoms with van der Waals surface area (Å²) >= 11 is 0. The number of rotatable bonds is 3. The third kappa shape index (κ3) is 1.95. The molecule has 1 N–H and O–H groups in total. The Labute approximate surface area is 70.2 Å². The van der Waals surface area contributed by atoms with E-state index in [2.05, 4.69) is 5.32 Å². The molecule has 0 saturated heterocycles. The molecule has 0 aliphatic rings. The van der Waals surface area contributed by atoms with E-state index in [4.69, 9.17) is 0 Å². The van der Waals surface area contributed by atoms with Gasteiger partial charge in [-0.2, -0.15) is 0 Å². The van der Waals surface area contributed by atoms with Gasteiger partial charge < -0.3 is 14.7 Å². The number of carbonyl (C=O) groups excluding carboxylic acids is 2. The molecule has 1 heterocycles. The van der Waals surface area contributed by atoms with E-state index in [0.29, 0.717) is 11.8 Å². The molecule has 4 heteroatoms. The summed E-state index contributed by atoms with van der Waals surface area (Å²) in [6, 6.07) is 1.69. The highest BCUT2D eigenvalue weighted by atomic mass is 16.2. The van der Waals surface area contributed by atoms with E-state index in [1.54, 1.807) is 23.0 Å². The average Bonchev–Trinajstić information content (AvgIpc) is 2.47. The molecule has 0 saturated carbocycles. The lowest BCUT2D eigenvalue weighted by Gasteiger charge is -1.96. The van der Waals surface area contributed by atoms with Crippen LogP contribution < -0.4 is 5.32 Å². The number of hydrogen-bond acceptors (Lipinski definition) is 2. The standard InChI is InChI=1S/C8H10N2O2/c1-10-4-2-7(6-10)8(12)9-3-5-11/h2,4-6H,3H2,1H3,(H,9,12). The van der Waals surface area contributed by atoms with Crippen molar-refractivity contribution in [1.82, 2.24) is 9.88 Å². The SMILES string of the molecule is Cn1ccc(C(=O)NCC=O)c1. The van der Waals surface area contributed by atoms with Gasteiger partial charge in [-0.15, -0.1) is 0 Å². The molecule has 0 bridgehead atoms. The molecule has 12 heavy (non-hydrogen) atoms. The van der Waals surface area contributed by atoms with Gasteiger partial charge in [0.15, 0.2) is 0 Å². The van der Waals surface area contributed by atoms with Gasteiger partial charge >= 0.3 is 0 Å². The van der Waals surface area contributed by atoms with Crippen molar-refractivity contribution in [2.24, 2.45) is 7.05 Å². The van der Waals surface area contributed by atoms with Crippen LogP contribution >= 0.6 is 0 Å². The van der Waals surface area contributed by atoms with Crippen LogP contribution in [0.5, 0.6) is 0 Å². The number of carbonyl (C=O) groups is 2. The summed E-state index contributed by atoms with van der Waals surface area (Å²) in [6.07, 6.45) is 4.12. The van der Waals surface area contributed by atoms with Crippen LogP contribution in [0.25, 0.3) is 0 Å². The molecule has 64 valence electrons. The first kappa shape index (κ1) is 8.52. The summed E-state index contributed by atoms with van der Waals surface area (Å²) in [5.41, 5.74) is 0.569. The van der Waals surface area contributed by atoms with E-state index in [0.717, 1.165) is 0 Å². The van der Waals surface area contributed by atoms with Gasteiger partial charge in [-0.3, -0.25) is 4.79 Å². The Morgan fingerprint density at radius 3 is 3.00 bits per heavy atom. The fourth-order valence-electron chi connectivity index (χ4n) is 0.874. The number of nitrogens with zero attached hydrogens (tertiary/aromatic N) is 1. The van der Waals surface area contributed by atoms with Crippen molar-refractivity contribution in [2.75, 3.05) is 6.54 Å². The Morgan fingerprint density at radius 1 is 1.75 bits per heavy atom. The lowest BCUT2D eigenvalue weighted by atomic mass is 10.3. The molecule has 0 atom stereocenters. The van der Waals surface area contributed by atoms with Gasteiger partial charge in [-0.1, -0.05) is 0 Å². The molecule has 0 aromatic carbocycles. The zero-order valence-corrected chi connectivity index (χ0v) is 6.78. The van der Waals surface area contributed by atoms with Gasteiger partial charge in [0, 0.05) is 19.4 Å². The summed E-state index contributed by atoms with van der Waals surface area (Å²) in [5, 5.41) is 2.44. The monoisotopic (exact) mass is 166 g/mol.